The first-order valence-electron chi connectivity index (χ1n) is 7.43. The van der Waals surface area contributed by atoms with Crippen LogP contribution in [0.2, 0.25) is 0 Å². The highest BCUT2D eigenvalue weighted by Crippen LogP contribution is 2.25. The van der Waals surface area contributed by atoms with E-state index in [9.17, 15) is 4.39 Å². The Labute approximate surface area is 115 Å². The van der Waals surface area contributed by atoms with Gasteiger partial charge in [0.2, 0.25) is 0 Å². The van der Waals surface area contributed by atoms with Crippen molar-refractivity contribution in [2.75, 3.05) is 6.54 Å². The molecule has 2 rings (SSSR count). The lowest BCUT2D eigenvalue weighted by Crippen LogP contribution is -2.40. The van der Waals surface area contributed by atoms with Gasteiger partial charge in [-0.3, -0.25) is 4.68 Å². The Kier molecular flexibility index (Phi) is 4.61. The van der Waals surface area contributed by atoms with Crippen LogP contribution in [0.5, 0.6) is 0 Å². The SMILES string of the molecule is CC(C)n1ccc(CC(C)(F)CC2CCCCN2)n1. The van der Waals surface area contributed by atoms with Crippen molar-refractivity contribution in [3.05, 3.63) is 18.0 Å². The van der Waals surface area contributed by atoms with Gasteiger partial charge in [-0.25, -0.2) is 4.39 Å². The van der Waals surface area contributed by atoms with Gasteiger partial charge in [-0.05, 0) is 52.6 Å². The molecule has 0 saturated carbocycles. The Morgan fingerprint density at radius 1 is 1.53 bits per heavy atom. The number of alkyl halides is 1. The summed E-state index contributed by atoms with van der Waals surface area (Å²) in [6.45, 7) is 6.90. The Morgan fingerprint density at radius 2 is 2.32 bits per heavy atom. The van der Waals surface area contributed by atoms with Gasteiger partial charge in [0.15, 0.2) is 0 Å². The zero-order chi connectivity index (χ0) is 13.9. The smallest absolute Gasteiger partial charge is 0.115 e. The lowest BCUT2D eigenvalue weighted by molar-refractivity contribution is 0.144. The number of nitrogens with one attached hydrogen (secondary N) is 1. The van der Waals surface area contributed by atoms with E-state index in [-0.39, 0.29) is 0 Å². The summed E-state index contributed by atoms with van der Waals surface area (Å²) in [6, 6.07) is 2.60. The van der Waals surface area contributed by atoms with Crippen LogP contribution in [0.3, 0.4) is 0 Å². The maximum absolute atomic E-state index is 14.7. The normalized spacial score (nSPS) is 23.5. The maximum Gasteiger partial charge on any atom is 0.115 e. The molecule has 3 nitrogen and oxygen atoms in total. The molecule has 0 aromatic carbocycles. The first kappa shape index (κ1) is 14.5. The third-order valence-corrected chi connectivity index (χ3v) is 3.83. The average Bonchev–Trinajstić information content (AvgIpc) is 2.77. The number of hydrogen-bond acceptors (Lipinski definition) is 2. The minimum atomic E-state index is -1.18. The van der Waals surface area contributed by atoms with Gasteiger partial charge in [0, 0.05) is 24.7 Å². The highest BCUT2D eigenvalue weighted by Gasteiger charge is 2.29. The van der Waals surface area contributed by atoms with Crippen LogP contribution in [0.1, 0.15) is 58.2 Å². The molecule has 1 aromatic heterocycles. The Morgan fingerprint density at radius 3 is 2.89 bits per heavy atom. The zero-order valence-corrected chi connectivity index (χ0v) is 12.3. The van der Waals surface area contributed by atoms with Crippen molar-refractivity contribution < 1.29 is 4.39 Å². The van der Waals surface area contributed by atoms with E-state index in [2.05, 4.69) is 24.3 Å². The van der Waals surface area contributed by atoms with Gasteiger partial charge in [-0.1, -0.05) is 6.42 Å². The molecular formula is C15H26FN3. The minimum Gasteiger partial charge on any atom is -0.314 e. The summed E-state index contributed by atoms with van der Waals surface area (Å²) in [7, 11) is 0. The van der Waals surface area contributed by atoms with E-state index >= 15 is 0 Å². The molecule has 1 aliphatic heterocycles. The third-order valence-electron chi connectivity index (χ3n) is 3.83. The van der Waals surface area contributed by atoms with Gasteiger partial charge in [0.05, 0.1) is 5.69 Å². The van der Waals surface area contributed by atoms with Crippen LogP contribution in [0.25, 0.3) is 0 Å². The van der Waals surface area contributed by atoms with Crippen molar-refractivity contribution in [2.45, 2.75) is 70.6 Å². The molecule has 19 heavy (non-hydrogen) atoms. The van der Waals surface area contributed by atoms with Crippen molar-refractivity contribution in [1.29, 1.82) is 0 Å². The summed E-state index contributed by atoms with van der Waals surface area (Å²) in [5.41, 5.74) is -0.319. The maximum atomic E-state index is 14.7. The second-order valence-corrected chi connectivity index (χ2v) is 6.32. The van der Waals surface area contributed by atoms with Crippen molar-refractivity contribution in [3.63, 3.8) is 0 Å². The van der Waals surface area contributed by atoms with Gasteiger partial charge >= 0.3 is 0 Å². The summed E-state index contributed by atoms with van der Waals surface area (Å²) in [5, 5.41) is 7.86. The van der Waals surface area contributed by atoms with E-state index in [1.807, 2.05) is 16.9 Å². The molecule has 1 aromatic rings. The van der Waals surface area contributed by atoms with E-state index in [0.717, 1.165) is 18.7 Å². The summed E-state index contributed by atoms with van der Waals surface area (Å²) in [4.78, 5) is 0. The number of piperidine rings is 1. The molecule has 0 aliphatic carbocycles. The van der Waals surface area contributed by atoms with Crippen LogP contribution in [-0.2, 0) is 6.42 Å². The van der Waals surface area contributed by atoms with Crippen molar-refractivity contribution in [1.82, 2.24) is 15.1 Å². The topological polar surface area (TPSA) is 29.9 Å². The fourth-order valence-corrected chi connectivity index (χ4v) is 2.82. The van der Waals surface area contributed by atoms with E-state index in [1.54, 1.807) is 6.92 Å². The largest absolute Gasteiger partial charge is 0.314 e. The first-order chi connectivity index (χ1) is 8.96. The molecule has 0 spiro atoms. The van der Waals surface area contributed by atoms with Gasteiger partial charge in [0.1, 0.15) is 5.67 Å². The van der Waals surface area contributed by atoms with Gasteiger partial charge < -0.3 is 5.32 Å². The molecule has 0 bridgehead atoms. The van der Waals surface area contributed by atoms with Crippen LogP contribution >= 0.6 is 0 Å². The second-order valence-electron chi connectivity index (χ2n) is 6.32. The molecular weight excluding hydrogens is 241 g/mol. The van der Waals surface area contributed by atoms with E-state index in [1.165, 1.54) is 12.8 Å². The summed E-state index contributed by atoms with van der Waals surface area (Å²) in [6.07, 6.45) is 6.47. The number of halogens is 1. The fourth-order valence-electron chi connectivity index (χ4n) is 2.82. The molecule has 0 amide bonds. The lowest BCUT2D eigenvalue weighted by atomic mass is 9.90. The van der Waals surface area contributed by atoms with Gasteiger partial charge in [0.25, 0.3) is 0 Å². The lowest BCUT2D eigenvalue weighted by Gasteiger charge is -2.29. The van der Waals surface area contributed by atoms with Gasteiger partial charge in [-0.15, -0.1) is 0 Å². The second kappa shape index (κ2) is 6.04. The van der Waals surface area contributed by atoms with Crippen molar-refractivity contribution in [2.24, 2.45) is 0 Å². The van der Waals surface area contributed by atoms with Crippen molar-refractivity contribution in [3.8, 4) is 0 Å². The van der Waals surface area contributed by atoms with Gasteiger partial charge in [-0.2, -0.15) is 5.10 Å². The molecule has 2 atom stereocenters. The van der Waals surface area contributed by atoms with Crippen LogP contribution < -0.4 is 5.32 Å². The molecule has 2 heterocycles. The molecule has 2 unspecified atom stereocenters. The molecule has 1 saturated heterocycles. The monoisotopic (exact) mass is 267 g/mol. The summed E-state index contributed by atoms with van der Waals surface area (Å²) >= 11 is 0. The number of aromatic nitrogens is 2. The third kappa shape index (κ3) is 4.30. The first-order valence-corrected chi connectivity index (χ1v) is 7.43. The van der Waals surface area contributed by atoms with Crippen LogP contribution in [0, 0.1) is 0 Å². The Balaban J connectivity index is 1.91. The average molecular weight is 267 g/mol. The molecule has 1 N–H and O–H groups in total. The minimum absolute atomic E-state index is 0.330. The molecule has 4 heteroatoms. The highest BCUT2D eigenvalue weighted by molar-refractivity contribution is 5.04. The van der Waals surface area contributed by atoms with Crippen LogP contribution in [-0.4, -0.2) is 28.0 Å². The summed E-state index contributed by atoms with van der Waals surface area (Å²) < 4.78 is 16.6. The number of nitrogens with zero attached hydrogens (tertiary/aromatic N) is 2. The van der Waals surface area contributed by atoms with E-state index < -0.39 is 5.67 Å². The van der Waals surface area contributed by atoms with Crippen LogP contribution in [0.4, 0.5) is 4.39 Å². The predicted molar refractivity (Wildman–Crippen MR) is 76.1 cm³/mol. The molecule has 1 fully saturated rings. The molecule has 108 valence electrons. The summed E-state index contributed by atoms with van der Waals surface area (Å²) in [5.74, 6) is 0. The van der Waals surface area contributed by atoms with Crippen LogP contribution in [0.15, 0.2) is 12.3 Å². The Hall–Kier alpha value is -0.900. The highest BCUT2D eigenvalue weighted by atomic mass is 19.1. The van der Waals surface area contributed by atoms with E-state index in [0.29, 0.717) is 24.9 Å². The van der Waals surface area contributed by atoms with Crippen molar-refractivity contribution >= 4 is 0 Å². The molecule has 0 radical (unpaired) electrons. The zero-order valence-electron chi connectivity index (χ0n) is 12.3. The fraction of sp³-hybridized carbons (Fsp3) is 0.800. The standard InChI is InChI=1S/C15H26FN3/c1-12(2)19-9-7-14(18-19)11-15(3,16)10-13-6-4-5-8-17-13/h7,9,12-13,17H,4-6,8,10-11H2,1-3H3. The quantitative estimate of drug-likeness (QED) is 0.887. The Bertz CT molecular complexity index is 392. The van der Waals surface area contributed by atoms with E-state index in [4.69, 9.17) is 0 Å². The molecule has 1 aliphatic rings. The number of rotatable bonds is 5. The number of hydrogen-bond donors (Lipinski definition) is 1. The predicted octanol–water partition coefficient (Wildman–Crippen LogP) is 3.27.